The molecule has 0 aliphatic carbocycles. The van der Waals surface area contributed by atoms with Gasteiger partial charge in [0.1, 0.15) is 5.15 Å². The number of hydrogen-bond donors (Lipinski definition) is 0. The zero-order valence-corrected chi connectivity index (χ0v) is 18.1. The van der Waals surface area contributed by atoms with Gasteiger partial charge in [0.2, 0.25) is 0 Å². The fraction of sp³-hybridized carbons (Fsp3) is 0.308. The third-order valence-corrected chi connectivity index (χ3v) is 6.37. The number of hydrogen-bond acceptors (Lipinski definition) is 3. The Hall–Kier alpha value is -2.87. The van der Waals surface area contributed by atoms with E-state index in [2.05, 4.69) is 53.1 Å². The van der Waals surface area contributed by atoms with E-state index in [1.807, 2.05) is 18.3 Å². The van der Waals surface area contributed by atoms with Crippen molar-refractivity contribution in [1.82, 2.24) is 9.88 Å². The summed E-state index contributed by atoms with van der Waals surface area (Å²) in [5, 5.41) is 2.90. The highest BCUT2D eigenvalue weighted by Crippen LogP contribution is 2.33. The zero-order valence-electron chi connectivity index (χ0n) is 17.4. The van der Waals surface area contributed by atoms with E-state index in [-0.39, 0.29) is 5.91 Å². The Kier molecular flexibility index (Phi) is 6.56. The number of halogens is 1. The summed E-state index contributed by atoms with van der Waals surface area (Å²) in [6.45, 7) is 2.28. The van der Waals surface area contributed by atoms with E-state index in [0.717, 1.165) is 62.1 Å². The van der Waals surface area contributed by atoms with Crippen molar-refractivity contribution in [1.29, 1.82) is 0 Å². The lowest BCUT2D eigenvalue weighted by molar-refractivity contribution is 0.0277. The minimum atomic E-state index is 0.166. The summed E-state index contributed by atoms with van der Waals surface area (Å²) in [5.74, 6) is 0.166. The molecule has 1 fully saturated rings. The molecule has 4 nitrogen and oxygen atoms in total. The third kappa shape index (κ3) is 4.30. The van der Waals surface area contributed by atoms with Crippen LogP contribution >= 0.6 is 11.6 Å². The Morgan fingerprint density at radius 3 is 2.55 bits per heavy atom. The van der Waals surface area contributed by atoms with Crippen molar-refractivity contribution in [2.24, 2.45) is 0 Å². The Morgan fingerprint density at radius 2 is 1.84 bits per heavy atom. The van der Waals surface area contributed by atoms with E-state index in [0.29, 0.717) is 11.2 Å². The van der Waals surface area contributed by atoms with E-state index >= 15 is 0 Å². The molecule has 0 radical (unpaired) electrons. The fourth-order valence-corrected chi connectivity index (χ4v) is 4.79. The molecule has 0 spiro atoms. The predicted octanol–water partition coefficient (Wildman–Crippen LogP) is 4.91. The number of ether oxygens (including phenoxy) is 1. The maximum atomic E-state index is 13.5. The summed E-state index contributed by atoms with van der Waals surface area (Å²) >= 11 is 5.94. The van der Waals surface area contributed by atoms with Crippen molar-refractivity contribution in [2.45, 2.75) is 31.7 Å². The lowest BCUT2D eigenvalue weighted by atomic mass is 9.87. The first-order chi connectivity index (χ1) is 15.2. The molecular formula is C26H25ClN2O2. The highest BCUT2D eigenvalue weighted by molar-refractivity contribution is 6.29. The molecule has 5 heteroatoms. The number of fused-ring (bicyclic) bond motifs is 3. The maximum absolute atomic E-state index is 13.5. The monoisotopic (exact) mass is 432 g/mol. The number of aromatic nitrogens is 1. The average Bonchev–Trinajstić information content (AvgIpc) is 2.83. The van der Waals surface area contributed by atoms with Crippen LogP contribution in [0.5, 0.6) is 0 Å². The van der Waals surface area contributed by atoms with Crippen LogP contribution in [0, 0.1) is 12.8 Å². The molecule has 0 atom stereocenters. The van der Waals surface area contributed by atoms with Crippen LogP contribution in [0.15, 0.2) is 48.7 Å². The largest absolute Gasteiger partial charge is 0.381 e. The predicted molar refractivity (Wildman–Crippen MR) is 124 cm³/mol. The van der Waals surface area contributed by atoms with E-state index in [9.17, 15) is 4.79 Å². The van der Waals surface area contributed by atoms with Crippen molar-refractivity contribution in [3.8, 4) is 12.8 Å². The molecule has 158 valence electrons. The summed E-state index contributed by atoms with van der Waals surface area (Å²) < 4.78 is 5.49. The molecule has 3 heterocycles. The fourth-order valence-electron chi connectivity index (χ4n) is 4.68. The lowest BCUT2D eigenvalue weighted by Gasteiger charge is -2.38. The van der Waals surface area contributed by atoms with Gasteiger partial charge in [-0.2, -0.15) is 0 Å². The van der Waals surface area contributed by atoms with Gasteiger partial charge in [-0.15, -0.1) is 12.8 Å². The Bertz CT molecular complexity index is 1100. The number of carbonyl (C=O) groups excluding carboxylic acids is 1. The van der Waals surface area contributed by atoms with Gasteiger partial charge in [0.15, 0.2) is 0 Å². The second-order valence-electron chi connectivity index (χ2n) is 7.87. The first-order valence-electron chi connectivity index (χ1n) is 10.6. The van der Waals surface area contributed by atoms with Crippen molar-refractivity contribution in [3.05, 3.63) is 76.1 Å². The minimum absolute atomic E-state index is 0.166. The molecule has 0 bridgehead atoms. The Labute approximate surface area is 188 Å². The molecule has 1 aromatic heterocycles. The Morgan fingerprint density at radius 1 is 1.10 bits per heavy atom. The molecule has 1 saturated heterocycles. The van der Waals surface area contributed by atoms with Crippen LogP contribution in [0.4, 0.5) is 0 Å². The van der Waals surface area contributed by atoms with Crippen LogP contribution in [0.2, 0.25) is 5.15 Å². The van der Waals surface area contributed by atoms with Gasteiger partial charge < -0.3 is 9.64 Å². The quantitative estimate of drug-likeness (QED) is 0.436. The highest BCUT2D eigenvalue weighted by Gasteiger charge is 2.32. The second-order valence-corrected chi connectivity index (χ2v) is 8.25. The highest BCUT2D eigenvalue weighted by atomic mass is 35.5. The standard InChI is InChI=1S/C24H23ClN2O2.C2H2/c25-23-6-5-16(15-26-23)13-17-14-22-21(20-4-2-1-3-19(17)20)7-10-27(24(22)28)18-8-11-29-12-9-18;1-2/h1-6,14-15,18H,7-13H2;1-2H. The van der Waals surface area contributed by atoms with Crippen LogP contribution < -0.4 is 0 Å². The van der Waals surface area contributed by atoms with Gasteiger partial charge in [-0.3, -0.25) is 4.79 Å². The smallest absolute Gasteiger partial charge is 0.254 e. The molecule has 31 heavy (non-hydrogen) atoms. The summed E-state index contributed by atoms with van der Waals surface area (Å²) in [4.78, 5) is 19.8. The van der Waals surface area contributed by atoms with E-state index in [1.54, 1.807) is 0 Å². The molecule has 2 aliphatic heterocycles. The van der Waals surface area contributed by atoms with Crippen molar-refractivity contribution >= 4 is 28.3 Å². The van der Waals surface area contributed by atoms with Crippen LogP contribution in [-0.2, 0) is 17.6 Å². The van der Waals surface area contributed by atoms with Crippen LogP contribution in [0.1, 0.15) is 39.9 Å². The number of terminal acetylenes is 1. The molecule has 5 rings (SSSR count). The molecule has 3 aromatic rings. The van der Waals surface area contributed by atoms with Gasteiger partial charge in [0.05, 0.1) is 0 Å². The van der Waals surface area contributed by atoms with Gasteiger partial charge in [-0.25, -0.2) is 4.98 Å². The molecular weight excluding hydrogens is 408 g/mol. The summed E-state index contributed by atoms with van der Waals surface area (Å²) in [6, 6.07) is 14.6. The van der Waals surface area contributed by atoms with Crippen LogP contribution in [-0.4, -0.2) is 41.6 Å². The van der Waals surface area contributed by atoms with Gasteiger partial charge in [0.25, 0.3) is 5.91 Å². The third-order valence-electron chi connectivity index (χ3n) is 6.15. The van der Waals surface area contributed by atoms with Gasteiger partial charge in [-0.1, -0.05) is 41.9 Å². The number of nitrogens with zero attached hydrogens (tertiary/aromatic N) is 2. The molecule has 0 unspecified atom stereocenters. The summed E-state index contributed by atoms with van der Waals surface area (Å²) in [7, 11) is 0. The molecule has 0 saturated carbocycles. The van der Waals surface area contributed by atoms with Gasteiger partial charge in [-0.05, 0) is 65.3 Å². The zero-order chi connectivity index (χ0) is 21.8. The number of carbonyl (C=O) groups is 1. The average molecular weight is 433 g/mol. The second kappa shape index (κ2) is 9.51. The van der Waals surface area contributed by atoms with Gasteiger partial charge in [0, 0.05) is 37.6 Å². The first-order valence-corrected chi connectivity index (χ1v) is 10.9. The van der Waals surface area contributed by atoms with Crippen LogP contribution in [0.3, 0.4) is 0 Å². The number of rotatable bonds is 3. The number of pyridine rings is 1. The topological polar surface area (TPSA) is 42.4 Å². The molecule has 2 aromatic carbocycles. The van der Waals surface area contributed by atoms with E-state index in [4.69, 9.17) is 16.3 Å². The normalized spacial score (nSPS) is 16.5. The maximum Gasteiger partial charge on any atom is 0.254 e. The van der Waals surface area contributed by atoms with Crippen molar-refractivity contribution in [2.75, 3.05) is 19.8 Å². The SMILES string of the molecule is C#C.O=C1c2cc(Cc3ccc(Cl)nc3)c3ccccc3c2CCN1C1CCOCC1. The molecule has 1 amide bonds. The van der Waals surface area contributed by atoms with Crippen molar-refractivity contribution in [3.63, 3.8) is 0 Å². The van der Waals surface area contributed by atoms with Crippen molar-refractivity contribution < 1.29 is 9.53 Å². The lowest BCUT2D eigenvalue weighted by Crippen LogP contribution is -2.47. The Balaban J connectivity index is 0.00000112. The van der Waals surface area contributed by atoms with E-state index in [1.165, 1.54) is 16.3 Å². The van der Waals surface area contributed by atoms with E-state index < -0.39 is 0 Å². The first kappa shape index (κ1) is 21.4. The van der Waals surface area contributed by atoms with Crippen LogP contribution in [0.25, 0.3) is 10.8 Å². The summed E-state index contributed by atoms with van der Waals surface area (Å²) in [5.41, 5.74) is 4.29. The molecule has 2 aliphatic rings. The molecule has 0 N–H and O–H groups in total. The van der Waals surface area contributed by atoms with Gasteiger partial charge >= 0.3 is 0 Å². The number of benzene rings is 2. The minimum Gasteiger partial charge on any atom is -0.381 e. The number of amides is 1. The summed E-state index contributed by atoms with van der Waals surface area (Å²) in [6.07, 6.45) is 13.3.